The van der Waals surface area contributed by atoms with Crippen molar-refractivity contribution in [2.24, 2.45) is 7.05 Å². The lowest BCUT2D eigenvalue weighted by Gasteiger charge is -2.08. The van der Waals surface area contributed by atoms with Gasteiger partial charge in [0.25, 0.3) is 0 Å². The molecule has 0 aliphatic heterocycles. The second-order valence-corrected chi connectivity index (χ2v) is 8.95. The number of hydrogen-bond acceptors (Lipinski definition) is 6. The van der Waals surface area contributed by atoms with E-state index in [-0.39, 0.29) is 5.03 Å². The normalized spacial score (nSPS) is 12.8. The third kappa shape index (κ3) is 3.03. The number of nitrogens with zero attached hydrogens (tertiary/aromatic N) is 7. The molecule has 0 bridgehead atoms. The fraction of sp³-hybridized carbons (Fsp3) is 0.143. The Morgan fingerprint density at radius 1 is 1.00 bits per heavy atom. The van der Waals surface area contributed by atoms with Crippen LogP contribution in [0.2, 0.25) is 0 Å². The number of imidazole rings is 1. The van der Waals surface area contributed by atoms with E-state index in [1.54, 1.807) is 39.8 Å². The molecule has 0 spiro atoms. The SMILES string of the molecule is C/C=C(\C)c1ccc2ncc(S(=O)(=O)n3ncc4ncc(-c5cnn(C)c5)cc43)n2c1. The fourth-order valence-corrected chi connectivity index (χ4v) is 4.78. The molecular weight excluding hydrogens is 414 g/mol. The summed E-state index contributed by atoms with van der Waals surface area (Å²) >= 11 is 0. The molecule has 5 aromatic rings. The van der Waals surface area contributed by atoms with Gasteiger partial charge >= 0.3 is 10.0 Å². The van der Waals surface area contributed by atoms with Gasteiger partial charge in [-0.05, 0) is 43.2 Å². The summed E-state index contributed by atoms with van der Waals surface area (Å²) in [4.78, 5) is 8.64. The number of hydrogen-bond donors (Lipinski definition) is 0. The Balaban J connectivity index is 1.69. The molecule has 0 aliphatic rings. The van der Waals surface area contributed by atoms with Crippen LogP contribution in [0, 0.1) is 0 Å². The monoisotopic (exact) mass is 433 g/mol. The van der Waals surface area contributed by atoms with Crippen LogP contribution in [0.15, 0.2) is 66.5 Å². The molecule has 0 saturated heterocycles. The summed E-state index contributed by atoms with van der Waals surface area (Å²) in [6.45, 7) is 3.91. The Labute approximate surface area is 178 Å². The van der Waals surface area contributed by atoms with E-state index < -0.39 is 10.0 Å². The summed E-state index contributed by atoms with van der Waals surface area (Å²) in [6.07, 6.45) is 11.8. The molecule has 31 heavy (non-hydrogen) atoms. The molecule has 0 aliphatic carbocycles. The van der Waals surface area contributed by atoms with E-state index >= 15 is 0 Å². The van der Waals surface area contributed by atoms with Crippen LogP contribution in [0.3, 0.4) is 0 Å². The second-order valence-electron chi connectivity index (χ2n) is 7.24. The summed E-state index contributed by atoms with van der Waals surface area (Å²) in [5.74, 6) is 0. The first-order valence-corrected chi connectivity index (χ1v) is 11.0. The summed E-state index contributed by atoms with van der Waals surface area (Å²) in [7, 11) is -2.20. The average Bonchev–Trinajstić information content (AvgIpc) is 3.49. The van der Waals surface area contributed by atoms with Gasteiger partial charge in [0.05, 0.1) is 18.6 Å². The maximum Gasteiger partial charge on any atom is 0.301 e. The smallest absolute Gasteiger partial charge is 0.288 e. The maximum atomic E-state index is 13.6. The van der Waals surface area contributed by atoms with Crippen molar-refractivity contribution < 1.29 is 8.42 Å². The van der Waals surface area contributed by atoms with Crippen LogP contribution in [-0.4, -0.2) is 41.8 Å². The number of fused-ring (bicyclic) bond motifs is 2. The predicted octanol–water partition coefficient (Wildman–Crippen LogP) is 3.14. The van der Waals surface area contributed by atoms with Crippen molar-refractivity contribution in [3.05, 3.63) is 67.0 Å². The highest BCUT2D eigenvalue weighted by molar-refractivity contribution is 7.90. The predicted molar refractivity (Wildman–Crippen MR) is 117 cm³/mol. The van der Waals surface area contributed by atoms with E-state index in [0.29, 0.717) is 16.7 Å². The summed E-state index contributed by atoms with van der Waals surface area (Å²) < 4.78 is 31.4. The largest absolute Gasteiger partial charge is 0.301 e. The highest BCUT2D eigenvalue weighted by Crippen LogP contribution is 2.26. The van der Waals surface area contributed by atoms with Gasteiger partial charge in [-0.1, -0.05) is 6.08 Å². The van der Waals surface area contributed by atoms with Crippen LogP contribution >= 0.6 is 0 Å². The van der Waals surface area contributed by atoms with Gasteiger partial charge in [0.1, 0.15) is 16.7 Å². The van der Waals surface area contributed by atoms with Gasteiger partial charge < -0.3 is 0 Å². The second kappa shape index (κ2) is 6.88. The van der Waals surface area contributed by atoms with Crippen molar-refractivity contribution in [3.8, 4) is 11.1 Å². The zero-order valence-electron chi connectivity index (χ0n) is 17.1. The first-order valence-electron chi connectivity index (χ1n) is 9.57. The summed E-state index contributed by atoms with van der Waals surface area (Å²) in [6, 6.07) is 5.47. The lowest BCUT2D eigenvalue weighted by atomic mass is 10.1. The molecule has 0 fully saturated rings. The molecule has 0 N–H and O–H groups in total. The highest BCUT2D eigenvalue weighted by Gasteiger charge is 2.25. The van der Waals surface area contributed by atoms with E-state index in [0.717, 1.165) is 26.4 Å². The van der Waals surface area contributed by atoms with Crippen LogP contribution < -0.4 is 0 Å². The van der Waals surface area contributed by atoms with Crippen LogP contribution in [0.25, 0.3) is 33.4 Å². The molecular formula is C21H19N7O2S. The third-order valence-electron chi connectivity index (χ3n) is 5.28. The van der Waals surface area contributed by atoms with Crippen molar-refractivity contribution >= 4 is 32.3 Å². The van der Waals surface area contributed by atoms with Crippen LogP contribution in [0.1, 0.15) is 19.4 Å². The minimum atomic E-state index is -4.02. The lowest BCUT2D eigenvalue weighted by molar-refractivity contribution is 0.577. The van der Waals surface area contributed by atoms with Crippen LogP contribution in [0.4, 0.5) is 0 Å². The third-order valence-corrected chi connectivity index (χ3v) is 6.86. The number of pyridine rings is 2. The van der Waals surface area contributed by atoms with Gasteiger partial charge in [0.15, 0.2) is 5.03 Å². The molecule has 0 atom stereocenters. The molecule has 0 amide bonds. The quantitative estimate of drug-likeness (QED) is 0.432. The Morgan fingerprint density at radius 2 is 1.84 bits per heavy atom. The van der Waals surface area contributed by atoms with Gasteiger partial charge in [0.2, 0.25) is 0 Å². The van der Waals surface area contributed by atoms with Crippen molar-refractivity contribution in [2.75, 3.05) is 0 Å². The minimum absolute atomic E-state index is 0.0324. The zero-order chi connectivity index (χ0) is 21.8. The lowest BCUT2D eigenvalue weighted by Crippen LogP contribution is -2.16. The molecule has 0 aromatic carbocycles. The number of rotatable bonds is 4. The van der Waals surface area contributed by atoms with Crippen molar-refractivity contribution in [2.45, 2.75) is 18.9 Å². The van der Waals surface area contributed by atoms with E-state index in [9.17, 15) is 8.42 Å². The zero-order valence-corrected chi connectivity index (χ0v) is 17.9. The molecule has 0 radical (unpaired) electrons. The molecule has 5 rings (SSSR count). The number of aryl methyl sites for hydroxylation is 1. The fourth-order valence-electron chi connectivity index (χ4n) is 3.44. The van der Waals surface area contributed by atoms with Gasteiger partial charge in [-0.3, -0.25) is 14.1 Å². The molecule has 5 heterocycles. The number of aromatic nitrogens is 7. The maximum absolute atomic E-state index is 13.6. The van der Waals surface area contributed by atoms with Gasteiger partial charge in [0, 0.05) is 36.8 Å². The van der Waals surface area contributed by atoms with E-state index in [4.69, 9.17) is 0 Å². The van der Waals surface area contributed by atoms with Gasteiger partial charge in [-0.15, -0.1) is 0 Å². The minimum Gasteiger partial charge on any atom is -0.288 e. The van der Waals surface area contributed by atoms with E-state index in [1.165, 1.54) is 12.4 Å². The first kappa shape index (κ1) is 19.2. The molecule has 5 aromatic heterocycles. The summed E-state index contributed by atoms with van der Waals surface area (Å²) in [5.41, 5.74) is 4.94. The Morgan fingerprint density at radius 3 is 2.58 bits per heavy atom. The first-order chi connectivity index (χ1) is 14.9. The topological polar surface area (TPSA) is 100.0 Å². The molecule has 10 heteroatoms. The highest BCUT2D eigenvalue weighted by atomic mass is 32.2. The Bertz CT molecular complexity index is 1590. The Kier molecular flexibility index (Phi) is 4.26. The summed E-state index contributed by atoms with van der Waals surface area (Å²) in [5, 5.41) is 8.34. The van der Waals surface area contributed by atoms with Gasteiger partial charge in [-0.25, -0.2) is 4.98 Å². The van der Waals surface area contributed by atoms with E-state index in [2.05, 4.69) is 20.2 Å². The molecule has 0 unspecified atom stereocenters. The van der Waals surface area contributed by atoms with Crippen molar-refractivity contribution in [1.82, 2.24) is 33.3 Å². The van der Waals surface area contributed by atoms with Crippen LogP contribution in [-0.2, 0) is 17.1 Å². The van der Waals surface area contributed by atoms with E-state index in [1.807, 2.05) is 39.2 Å². The van der Waals surface area contributed by atoms with Crippen LogP contribution in [0.5, 0.6) is 0 Å². The average molecular weight is 433 g/mol. The molecule has 9 nitrogen and oxygen atoms in total. The van der Waals surface area contributed by atoms with Crippen molar-refractivity contribution in [3.63, 3.8) is 0 Å². The Hall–Kier alpha value is -3.79. The van der Waals surface area contributed by atoms with Gasteiger partial charge in [-0.2, -0.15) is 22.7 Å². The number of allylic oxidation sites excluding steroid dienone is 2. The molecule has 156 valence electrons. The van der Waals surface area contributed by atoms with Crippen molar-refractivity contribution in [1.29, 1.82) is 0 Å². The standard InChI is InChI=1S/C21H19N7O2S/c1-4-14(2)15-5-6-20-23-11-21(27(20)13-15)31(29,30)28-19-7-16(8-22-18(19)10-25-28)17-9-24-26(3)12-17/h4-13H,1-3H3/b14-4+. The molecule has 0 saturated carbocycles.